The van der Waals surface area contributed by atoms with Gasteiger partial charge >= 0.3 is 0 Å². The molecule has 2 atom stereocenters. The van der Waals surface area contributed by atoms with Gasteiger partial charge in [-0.3, -0.25) is 4.79 Å². The van der Waals surface area contributed by atoms with Gasteiger partial charge in [-0.25, -0.2) is 0 Å². The van der Waals surface area contributed by atoms with E-state index in [9.17, 15) is 4.79 Å². The Balaban J connectivity index is 1.71. The molecule has 5 nitrogen and oxygen atoms in total. The minimum absolute atomic E-state index is 0.00155. The predicted octanol–water partition coefficient (Wildman–Crippen LogP) is 1.53. The second-order valence-electron chi connectivity index (χ2n) is 5.53. The summed E-state index contributed by atoms with van der Waals surface area (Å²) < 4.78 is 6.21. The second kappa shape index (κ2) is 4.86. The van der Waals surface area contributed by atoms with Crippen molar-refractivity contribution >= 4 is 38.2 Å². The molecule has 0 saturated carbocycles. The van der Waals surface area contributed by atoms with E-state index in [1.165, 1.54) is 15.3 Å². The molecule has 1 unspecified atom stereocenters. The topological polar surface area (TPSA) is 58.7 Å². The summed E-state index contributed by atoms with van der Waals surface area (Å²) in [6, 6.07) is 3.69. The van der Waals surface area contributed by atoms with E-state index in [1.54, 1.807) is 11.3 Å². The molecule has 110 valence electrons. The summed E-state index contributed by atoms with van der Waals surface area (Å²) in [7, 11) is 2.19. The van der Waals surface area contributed by atoms with E-state index in [0.29, 0.717) is 10.4 Å². The van der Waals surface area contributed by atoms with Gasteiger partial charge in [0.2, 0.25) is 0 Å². The van der Waals surface area contributed by atoms with Crippen molar-refractivity contribution in [3.05, 3.63) is 38.6 Å². The van der Waals surface area contributed by atoms with E-state index in [4.69, 9.17) is 4.42 Å². The van der Waals surface area contributed by atoms with Crippen LogP contribution in [0, 0.1) is 0 Å². The van der Waals surface area contributed by atoms with Crippen LogP contribution in [-0.2, 0) is 13.0 Å². The largest absolute Gasteiger partial charge is 0.450 e. The van der Waals surface area contributed by atoms with Gasteiger partial charge in [0.15, 0.2) is 10.8 Å². The summed E-state index contributed by atoms with van der Waals surface area (Å²) in [5.41, 5.74) is 2.06. The average Bonchev–Trinajstić information content (AvgIpc) is 3.01. The summed E-state index contributed by atoms with van der Waals surface area (Å²) in [6.07, 6.45) is 0.667. The van der Waals surface area contributed by atoms with Gasteiger partial charge < -0.3 is 20.0 Å². The van der Waals surface area contributed by atoms with Crippen LogP contribution in [0.1, 0.15) is 32.7 Å². The highest BCUT2D eigenvalue weighted by atomic mass is 79.9. The molecule has 0 spiro atoms. The number of anilines is 1. The summed E-state index contributed by atoms with van der Waals surface area (Å²) in [5, 5.41) is 7.35. The molecule has 0 aliphatic carbocycles. The number of hydrogen-bond donors (Lipinski definition) is 3. The van der Waals surface area contributed by atoms with Gasteiger partial charge in [-0.2, -0.15) is 0 Å². The predicted molar refractivity (Wildman–Crippen MR) is 83.7 cm³/mol. The molecule has 4 heterocycles. The summed E-state index contributed by atoms with van der Waals surface area (Å²) in [6.45, 7) is 2.08. The minimum Gasteiger partial charge on any atom is -0.450 e. The van der Waals surface area contributed by atoms with Crippen LogP contribution in [0.5, 0.6) is 0 Å². The van der Waals surface area contributed by atoms with Crippen molar-refractivity contribution in [3.63, 3.8) is 0 Å². The molecule has 0 fully saturated rings. The number of amides is 1. The van der Waals surface area contributed by atoms with Gasteiger partial charge in [-0.1, -0.05) is 0 Å². The molecule has 0 saturated heterocycles. The van der Waals surface area contributed by atoms with Crippen LogP contribution in [0.3, 0.4) is 0 Å². The highest BCUT2D eigenvalue weighted by Crippen LogP contribution is 2.39. The molecular weight excluding hydrogens is 354 g/mol. The SMILES string of the molecule is C[NH+]1CCc2c(sc3c2C(=O)N[C@@H](c2ccc(Br)o2)N3)C1. The molecule has 7 heteroatoms. The number of thiophene rings is 1. The van der Waals surface area contributed by atoms with Crippen LogP contribution in [-0.4, -0.2) is 19.5 Å². The number of carbonyl (C=O) groups excluding carboxylic acids is 1. The van der Waals surface area contributed by atoms with E-state index in [0.717, 1.165) is 30.1 Å². The van der Waals surface area contributed by atoms with Crippen LogP contribution >= 0.6 is 27.3 Å². The van der Waals surface area contributed by atoms with E-state index < -0.39 is 0 Å². The van der Waals surface area contributed by atoms with Crippen molar-refractivity contribution in [1.82, 2.24) is 5.32 Å². The molecule has 0 radical (unpaired) electrons. The molecule has 2 aromatic heterocycles. The fourth-order valence-corrected chi connectivity index (χ4v) is 4.66. The van der Waals surface area contributed by atoms with E-state index in [-0.39, 0.29) is 12.1 Å². The van der Waals surface area contributed by atoms with Crippen molar-refractivity contribution in [1.29, 1.82) is 0 Å². The number of carbonyl (C=O) groups is 1. The van der Waals surface area contributed by atoms with Gasteiger partial charge in [0.1, 0.15) is 17.3 Å². The molecular formula is C14H15BrN3O2S+. The Morgan fingerprint density at radius 1 is 1.43 bits per heavy atom. The van der Waals surface area contributed by atoms with E-state index in [1.807, 2.05) is 12.1 Å². The first-order chi connectivity index (χ1) is 10.1. The highest BCUT2D eigenvalue weighted by molar-refractivity contribution is 9.10. The highest BCUT2D eigenvalue weighted by Gasteiger charge is 2.34. The summed E-state index contributed by atoms with van der Waals surface area (Å²) in [4.78, 5) is 15.3. The fourth-order valence-electron chi connectivity index (χ4n) is 2.96. The molecule has 21 heavy (non-hydrogen) atoms. The third-order valence-electron chi connectivity index (χ3n) is 4.01. The van der Waals surface area contributed by atoms with Crippen molar-refractivity contribution in [3.8, 4) is 0 Å². The average molecular weight is 369 g/mol. The molecule has 1 amide bonds. The lowest BCUT2D eigenvalue weighted by Crippen LogP contribution is -3.08. The zero-order valence-electron chi connectivity index (χ0n) is 11.5. The number of likely N-dealkylation sites (N-methyl/N-ethyl adjacent to an activating group) is 1. The normalized spacial score (nSPS) is 24.0. The number of nitrogens with one attached hydrogen (secondary N) is 3. The first-order valence-electron chi connectivity index (χ1n) is 6.90. The van der Waals surface area contributed by atoms with Crippen molar-refractivity contribution in [2.24, 2.45) is 0 Å². The van der Waals surface area contributed by atoms with E-state index >= 15 is 0 Å². The standard InChI is InChI=1S/C14H14BrN3O2S/c1-18-5-4-7-9(6-18)21-14-11(7)13(19)16-12(17-14)8-2-3-10(15)20-8/h2-3,12,17H,4-6H2,1H3,(H,16,19)/p+1/t12-/m1/s1. The number of halogens is 1. The maximum Gasteiger partial charge on any atom is 0.256 e. The molecule has 2 aromatic rings. The first kappa shape index (κ1) is 13.4. The minimum atomic E-state index is -0.304. The van der Waals surface area contributed by atoms with Gasteiger partial charge in [0.05, 0.1) is 24.0 Å². The Hall–Kier alpha value is -1.31. The maximum absolute atomic E-state index is 12.5. The van der Waals surface area contributed by atoms with Crippen molar-refractivity contribution < 1.29 is 14.1 Å². The lowest BCUT2D eigenvalue weighted by Gasteiger charge is -2.25. The Morgan fingerprint density at radius 3 is 3.05 bits per heavy atom. The van der Waals surface area contributed by atoms with Crippen LogP contribution in [0.25, 0.3) is 0 Å². The van der Waals surface area contributed by atoms with E-state index in [2.05, 4.69) is 33.6 Å². The Kier molecular flexibility index (Phi) is 3.09. The lowest BCUT2D eigenvalue weighted by molar-refractivity contribution is -0.895. The van der Waals surface area contributed by atoms with Crippen LogP contribution in [0.15, 0.2) is 21.2 Å². The van der Waals surface area contributed by atoms with Crippen LogP contribution < -0.4 is 15.5 Å². The quantitative estimate of drug-likeness (QED) is 0.715. The van der Waals surface area contributed by atoms with Gasteiger partial charge in [0.25, 0.3) is 5.91 Å². The molecule has 0 aromatic carbocycles. The molecule has 0 bridgehead atoms. The van der Waals surface area contributed by atoms with Crippen molar-refractivity contribution in [2.75, 3.05) is 18.9 Å². The number of quaternary nitrogens is 1. The lowest BCUT2D eigenvalue weighted by atomic mass is 10.0. The zero-order valence-corrected chi connectivity index (χ0v) is 13.9. The summed E-state index contributed by atoms with van der Waals surface area (Å²) in [5.74, 6) is 0.702. The number of rotatable bonds is 1. The number of furan rings is 1. The molecule has 3 N–H and O–H groups in total. The number of fused-ring (bicyclic) bond motifs is 3. The Morgan fingerprint density at radius 2 is 2.29 bits per heavy atom. The second-order valence-corrected chi connectivity index (χ2v) is 7.42. The summed E-state index contributed by atoms with van der Waals surface area (Å²) >= 11 is 5.00. The Bertz CT molecular complexity index is 724. The fraction of sp³-hybridized carbons (Fsp3) is 0.357. The molecule has 2 aliphatic rings. The van der Waals surface area contributed by atoms with Crippen LogP contribution in [0.4, 0.5) is 5.00 Å². The number of hydrogen-bond acceptors (Lipinski definition) is 4. The first-order valence-corrected chi connectivity index (χ1v) is 8.51. The Labute approximate surface area is 134 Å². The van der Waals surface area contributed by atoms with Gasteiger partial charge in [-0.05, 0) is 33.6 Å². The zero-order chi connectivity index (χ0) is 14.6. The van der Waals surface area contributed by atoms with Gasteiger partial charge in [0, 0.05) is 6.42 Å². The monoisotopic (exact) mass is 368 g/mol. The smallest absolute Gasteiger partial charge is 0.256 e. The van der Waals surface area contributed by atoms with Gasteiger partial charge in [-0.15, -0.1) is 11.3 Å². The third-order valence-corrected chi connectivity index (χ3v) is 5.60. The molecule has 2 aliphatic heterocycles. The van der Waals surface area contributed by atoms with Crippen LogP contribution in [0.2, 0.25) is 0 Å². The molecule has 4 rings (SSSR count). The third kappa shape index (κ3) is 2.20. The maximum atomic E-state index is 12.5. The van der Waals surface area contributed by atoms with Crippen molar-refractivity contribution in [2.45, 2.75) is 19.1 Å².